The van der Waals surface area contributed by atoms with Crippen molar-refractivity contribution in [2.45, 2.75) is 12.5 Å². The molecule has 6 heteroatoms. The van der Waals surface area contributed by atoms with Gasteiger partial charge in [0.05, 0.1) is 16.2 Å². The molecule has 0 saturated heterocycles. The van der Waals surface area contributed by atoms with Crippen molar-refractivity contribution in [3.05, 3.63) is 41.5 Å². The summed E-state index contributed by atoms with van der Waals surface area (Å²) in [7, 11) is 0. The van der Waals surface area contributed by atoms with Crippen LogP contribution in [0.2, 0.25) is 0 Å². The second-order valence-corrected chi connectivity index (χ2v) is 6.58. The Balaban J connectivity index is 2.35. The minimum atomic E-state index is -0.841. The van der Waals surface area contributed by atoms with Gasteiger partial charge in [-0.2, -0.15) is 0 Å². The Hall–Kier alpha value is -1.12. The monoisotopic (exact) mass is 402 g/mol. The average molecular weight is 402 g/mol. The van der Waals surface area contributed by atoms with Gasteiger partial charge >= 0.3 is 0 Å². The molecule has 0 fully saturated rings. The number of hydrogen-bond acceptors (Lipinski definition) is 4. The molecule has 1 aromatic heterocycles. The fourth-order valence-corrected chi connectivity index (χ4v) is 3.19. The molecule has 0 saturated carbocycles. The molecule has 2 rings (SSSR count). The molecular weight excluding hydrogens is 387 g/mol. The number of nitrogen functional groups attached to an aromatic ring is 1. The van der Waals surface area contributed by atoms with Gasteiger partial charge in [-0.05, 0) is 24.1 Å². The van der Waals surface area contributed by atoms with Crippen LogP contribution in [0.25, 0.3) is 10.4 Å². The summed E-state index contributed by atoms with van der Waals surface area (Å²) in [5.74, 6) is -0.519. The van der Waals surface area contributed by atoms with Gasteiger partial charge in [-0.25, -0.2) is 0 Å². The lowest BCUT2D eigenvalue weighted by Crippen LogP contribution is -2.22. The van der Waals surface area contributed by atoms with E-state index in [0.29, 0.717) is 15.0 Å². The van der Waals surface area contributed by atoms with Gasteiger partial charge in [0.25, 0.3) is 5.91 Å². The van der Waals surface area contributed by atoms with Crippen LogP contribution in [0.4, 0.5) is 5.00 Å². The largest absolute Gasteiger partial charge is 0.390 e. The molecule has 0 aliphatic rings. The average Bonchev–Trinajstić information content (AvgIpc) is 2.81. The number of nitrogens with two attached hydrogens (primary N) is 2. The number of carbonyl (C=O) groups is 1. The zero-order valence-corrected chi connectivity index (χ0v) is 13.9. The summed E-state index contributed by atoms with van der Waals surface area (Å²) in [6.07, 6.45) is 0. The third kappa shape index (κ3) is 2.97. The van der Waals surface area contributed by atoms with Gasteiger partial charge < -0.3 is 16.6 Å². The smallest absolute Gasteiger partial charge is 0.251 e. The number of anilines is 1. The SMILES string of the molecule is CC(O)(CI)c1ccc(-c2cc(C(N)=O)c(N)s2)cc1. The summed E-state index contributed by atoms with van der Waals surface area (Å²) < 4.78 is 0.613. The highest BCUT2D eigenvalue weighted by atomic mass is 127. The fraction of sp³-hybridized carbons (Fsp3) is 0.214. The van der Waals surface area contributed by atoms with Crippen LogP contribution in [0.1, 0.15) is 22.8 Å². The minimum Gasteiger partial charge on any atom is -0.390 e. The second kappa shape index (κ2) is 5.71. The Morgan fingerprint density at radius 3 is 2.45 bits per heavy atom. The molecule has 0 spiro atoms. The highest BCUT2D eigenvalue weighted by Crippen LogP contribution is 2.34. The molecule has 4 nitrogen and oxygen atoms in total. The Labute approximate surface area is 134 Å². The Bertz CT molecular complexity index is 635. The molecule has 0 aliphatic carbocycles. The van der Waals surface area contributed by atoms with E-state index in [-0.39, 0.29) is 0 Å². The molecule has 1 unspecified atom stereocenters. The molecule has 20 heavy (non-hydrogen) atoms. The quantitative estimate of drug-likeness (QED) is 0.543. The maximum atomic E-state index is 11.2. The highest BCUT2D eigenvalue weighted by molar-refractivity contribution is 14.1. The fourth-order valence-electron chi connectivity index (χ4n) is 1.81. The van der Waals surface area contributed by atoms with E-state index in [9.17, 15) is 9.90 Å². The van der Waals surface area contributed by atoms with Gasteiger partial charge in [0.15, 0.2) is 0 Å². The summed E-state index contributed by atoms with van der Waals surface area (Å²) in [4.78, 5) is 12.1. The number of primary amides is 1. The molecule has 106 valence electrons. The Kier molecular flexibility index (Phi) is 4.36. The van der Waals surface area contributed by atoms with Crippen molar-refractivity contribution in [2.24, 2.45) is 5.73 Å². The van der Waals surface area contributed by atoms with Crippen LogP contribution in [0.15, 0.2) is 30.3 Å². The normalized spacial score (nSPS) is 13.9. The van der Waals surface area contributed by atoms with Gasteiger partial charge in [0.1, 0.15) is 0 Å². The van der Waals surface area contributed by atoms with Crippen LogP contribution in [0.3, 0.4) is 0 Å². The van der Waals surface area contributed by atoms with E-state index < -0.39 is 11.5 Å². The van der Waals surface area contributed by atoms with Crippen LogP contribution in [-0.4, -0.2) is 15.4 Å². The first-order chi connectivity index (χ1) is 9.35. The van der Waals surface area contributed by atoms with Gasteiger partial charge in [0, 0.05) is 9.30 Å². The van der Waals surface area contributed by atoms with Crippen LogP contribution >= 0.6 is 33.9 Å². The number of hydrogen-bond donors (Lipinski definition) is 3. The maximum Gasteiger partial charge on any atom is 0.251 e. The lowest BCUT2D eigenvalue weighted by Gasteiger charge is -2.20. The minimum absolute atomic E-state index is 0.355. The predicted octanol–water partition coefficient (Wildman–Crippen LogP) is 2.74. The number of amides is 1. The molecule has 2 aromatic rings. The third-order valence-electron chi connectivity index (χ3n) is 3.08. The molecule has 1 amide bonds. The third-order valence-corrected chi connectivity index (χ3v) is 5.58. The summed E-state index contributed by atoms with van der Waals surface area (Å²) in [6, 6.07) is 9.29. The standard InChI is InChI=1S/C14H15IN2O2S/c1-14(19,7-15)9-4-2-8(3-5-9)11-6-10(12(16)18)13(17)20-11/h2-6,19H,7,17H2,1H3,(H2,16,18). The number of alkyl halides is 1. The lowest BCUT2D eigenvalue weighted by atomic mass is 9.97. The van der Waals surface area contributed by atoms with E-state index in [1.165, 1.54) is 11.3 Å². The van der Waals surface area contributed by atoms with Crippen molar-refractivity contribution < 1.29 is 9.90 Å². The Morgan fingerprint density at radius 2 is 2.00 bits per heavy atom. The molecule has 5 N–H and O–H groups in total. The first-order valence-electron chi connectivity index (χ1n) is 5.93. The number of benzene rings is 1. The van der Waals surface area contributed by atoms with Gasteiger partial charge in [-0.1, -0.05) is 46.9 Å². The van der Waals surface area contributed by atoms with Gasteiger partial charge in [0.2, 0.25) is 0 Å². The number of rotatable bonds is 4. The molecule has 1 heterocycles. The van der Waals surface area contributed by atoms with Crippen molar-refractivity contribution in [1.29, 1.82) is 0 Å². The molecule has 0 aliphatic heterocycles. The lowest BCUT2D eigenvalue weighted by molar-refractivity contribution is 0.0872. The second-order valence-electron chi connectivity index (χ2n) is 4.74. The highest BCUT2D eigenvalue weighted by Gasteiger charge is 2.21. The van der Waals surface area contributed by atoms with Crippen molar-refractivity contribution >= 4 is 44.8 Å². The van der Waals surface area contributed by atoms with E-state index in [0.717, 1.165) is 16.0 Å². The zero-order chi connectivity index (χ0) is 14.9. The van der Waals surface area contributed by atoms with Crippen LogP contribution < -0.4 is 11.5 Å². The maximum absolute atomic E-state index is 11.2. The van der Waals surface area contributed by atoms with E-state index >= 15 is 0 Å². The molecule has 1 atom stereocenters. The number of carbonyl (C=O) groups excluding carboxylic acids is 1. The van der Waals surface area contributed by atoms with Crippen LogP contribution in [-0.2, 0) is 5.60 Å². The summed E-state index contributed by atoms with van der Waals surface area (Å²) in [5, 5.41) is 10.6. The first kappa shape index (κ1) is 15.3. The van der Waals surface area contributed by atoms with E-state index in [1.807, 2.05) is 24.3 Å². The number of aliphatic hydroxyl groups is 1. The first-order valence-corrected chi connectivity index (χ1v) is 8.27. The molecular formula is C14H15IN2O2S. The van der Waals surface area contributed by atoms with Gasteiger partial charge in [-0.15, -0.1) is 11.3 Å². The zero-order valence-electron chi connectivity index (χ0n) is 10.9. The molecule has 0 radical (unpaired) electrons. The van der Waals surface area contributed by atoms with Crippen LogP contribution in [0.5, 0.6) is 0 Å². The van der Waals surface area contributed by atoms with Crippen LogP contribution in [0, 0.1) is 0 Å². The van der Waals surface area contributed by atoms with E-state index in [2.05, 4.69) is 22.6 Å². The summed E-state index contributed by atoms with van der Waals surface area (Å²) >= 11 is 3.48. The summed E-state index contributed by atoms with van der Waals surface area (Å²) in [5.41, 5.74) is 12.4. The van der Waals surface area contributed by atoms with Crippen molar-refractivity contribution in [3.63, 3.8) is 0 Å². The van der Waals surface area contributed by atoms with Gasteiger partial charge in [-0.3, -0.25) is 4.79 Å². The van der Waals surface area contributed by atoms with Crippen molar-refractivity contribution in [1.82, 2.24) is 0 Å². The van der Waals surface area contributed by atoms with E-state index in [1.54, 1.807) is 13.0 Å². The number of thiophene rings is 1. The van der Waals surface area contributed by atoms with E-state index in [4.69, 9.17) is 11.5 Å². The van der Waals surface area contributed by atoms with Crippen molar-refractivity contribution in [3.8, 4) is 10.4 Å². The topological polar surface area (TPSA) is 89.3 Å². The van der Waals surface area contributed by atoms with Crippen molar-refractivity contribution in [2.75, 3.05) is 10.2 Å². The Morgan fingerprint density at radius 1 is 1.40 bits per heavy atom. The predicted molar refractivity (Wildman–Crippen MR) is 91.1 cm³/mol. The summed E-state index contributed by atoms with van der Waals surface area (Å²) in [6.45, 7) is 1.78. The number of halogens is 1. The molecule has 0 bridgehead atoms. The molecule has 1 aromatic carbocycles.